The molecule has 1 aromatic heterocycles. The third kappa shape index (κ3) is 3.78. The Morgan fingerprint density at radius 2 is 1.71 bits per heavy atom. The predicted octanol–water partition coefficient (Wildman–Crippen LogP) is 4.98. The van der Waals surface area contributed by atoms with Crippen molar-refractivity contribution in [2.24, 2.45) is 0 Å². The second kappa shape index (κ2) is 7.51. The van der Waals surface area contributed by atoms with Crippen LogP contribution in [0.1, 0.15) is 6.42 Å². The average molecular weight is 360 g/mol. The van der Waals surface area contributed by atoms with Gasteiger partial charge in [-0.1, -0.05) is 47.5 Å². The van der Waals surface area contributed by atoms with Gasteiger partial charge in [0.2, 0.25) is 5.91 Å². The van der Waals surface area contributed by atoms with E-state index in [1.165, 1.54) is 0 Å². The summed E-state index contributed by atoms with van der Waals surface area (Å²) in [5.41, 5.74) is 2.23. The molecule has 0 radical (unpaired) electrons. The van der Waals surface area contributed by atoms with Crippen molar-refractivity contribution in [2.75, 3.05) is 17.2 Å². The van der Waals surface area contributed by atoms with Crippen LogP contribution >= 0.6 is 23.2 Å². The molecule has 0 aliphatic heterocycles. The molecule has 24 heavy (non-hydrogen) atoms. The van der Waals surface area contributed by atoms with Gasteiger partial charge in [-0.2, -0.15) is 0 Å². The maximum atomic E-state index is 12.1. The lowest BCUT2D eigenvalue weighted by Gasteiger charge is -2.11. The number of pyridine rings is 1. The number of carbonyl (C=O) groups excluding carboxylic acids is 1. The first-order valence-electron chi connectivity index (χ1n) is 7.46. The number of para-hydroxylation sites is 2. The molecule has 0 aliphatic carbocycles. The number of hydrogen-bond acceptors (Lipinski definition) is 3. The number of hydrogen-bond donors (Lipinski definition) is 2. The van der Waals surface area contributed by atoms with Crippen LogP contribution in [0.3, 0.4) is 0 Å². The third-order valence-electron chi connectivity index (χ3n) is 3.53. The molecular formula is C18H15Cl2N3O. The smallest absolute Gasteiger partial charge is 0.226 e. The van der Waals surface area contributed by atoms with Crippen molar-refractivity contribution in [1.29, 1.82) is 0 Å². The Labute approximate surface area is 149 Å². The molecule has 0 unspecified atom stereocenters. The van der Waals surface area contributed by atoms with Gasteiger partial charge in [-0.25, -0.2) is 0 Å². The van der Waals surface area contributed by atoms with Gasteiger partial charge in [0.15, 0.2) is 0 Å². The van der Waals surface area contributed by atoms with Crippen LogP contribution in [0.15, 0.2) is 54.7 Å². The van der Waals surface area contributed by atoms with Gasteiger partial charge in [-0.05, 0) is 24.3 Å². The van der Waals surface area contributed by atoms with Gasteiger partial charge >= 0.3 is 0 Å². The summed E-state index contributed by atoms with van der Waals surface area (Å²) in [5, 5.41) is 7.88. The first-order valence-corrected chi connectivity index (χ1v) is 8.22. The maximum Gasteiger partial charge on any atom is 0.226 e. The lowest BCUT2D eigenvalue weighted by molar-refractivity contribution is -0.115. The summed E-state index contributed by atoms with van der Waals surface area (Å²) in [7, 11) is 0. The predicted molar refractivity (Wildman–Crippen MR) is 99.9 cm³/mol. The van der Waals surface area contributed by atoms with E-state index in [1.807, 2.05) is 30.3 Å². The third-order valence-corrected chi connectivity index (χ3v) is 4.16. The molecule has 3 aromatic rings. The largest absolute Gasteiger partial charge is 0.383 e. The van der Waals surface area contributed by atoms with Crippen LogP contribution in [0.4, 0.5) is 11.4 Å². The molecule has 0 spiro atoms. The second-order valence-electron chi connectivity index (χ2n) is 5.20. The van der Waals surface area contributed by atoms with Crippen molar-refractivity contribution in [1.82, 2.24) is 4.98 Å². The number of carbonyl (C=O) groups is 1. The molecule has 2 N–H and O–H groups in total. The number of fused-ring (bicyclic) bond motifs is 1. The van der Waals surface area contributed by atoms with Crippen molar-refractivity contribution >= 4 is 51.4 Å². The Hall–Kier alpha value is -2.30. The molecule has 4 nitrogen and oxygen atoms in total. The quantitative estimate of drug-likeness (QED) is 0.675. The highest BCUT2D eigenvalue weighted by molar-refractivity contribution is 6.39. The van der Waals surface area contributed by atoms with E-state index >= 15 is 0 Å². The molecule has 0 saturated heterocycles. The first-order chi connectivity index (χ1) is 11.6. The van der Waals surface area contributed by atoms with E-state index in [4.69, 9.17) is 23.2 Å². The van der Waals surface area contributed by atoms with Crippen molar-refractivity contribution in [3.63, 3.8) is 0 Å². The van der Waals surface area contributed by atoms with Crippen LogP contribution in [0.5, 0.6) is 0 Å². The van der Waals surface area contributed by atoms with E-state index < -0.39 is 0 Å². The summed E-state index contributed by atoms with van der Waals surface area (Å²) in [5.74, 6) is -0.161. The Balaban J connectivity index is 1.61. The molecule has 0 fully saturated rings. The minimum atomic E-state index is -0.161. The van der Waals surface area contributed by atoms with Crippen LogP contribution in [-0.4, -0.2) is 17.4 Å². The van der Waals surface area contributed by atoms with E-state index in [0.29, 0.717) is 22.3 Å². The fraction of sp³-hybridized carbons (Fsp3) is 0.111. The summed E-state index contributed by atoms with van der Waals surface area (Å²) in [6, 6.07) is 14.9. The zero-order valence-corrected chi connectivity index (χ0v) is 14.2. The number of anilines is 2. The van der Waals surface area contributed by atoms with Crippen LogP contribution in [0.25, 0.3) is 10.9 Å². The summed E-state index contributed by atoms with van der Waals surface area (Å²) in [6.07, 6.45) is 2.03. The molecule has 122 valence electrons. The van der Waals surface area contributed by atoms with Gasteiger partial charge in [0.1, 0.15) is 0 Å². The van der Waals surface area contributed by atoms with Crippen LogP contribution in [0.2, 0.25) is 10.0 Å². The number of halogens is 2. The lowest BCUT2D eigenvalue weighted by atomic mass is 10.2. The summed E-state index contributed by atoms with van der Waals surface area (Å²) >= 11 is 12.1. The number of benzene rings is 2. The molecule has 0 bridgehead atoms. The van der Waals surface area contributed by atoms with Crippen molar-refractivity contribution in [2.45, 2.75) is 6.42 Å². The minimum Gasteiger partial charge on any atom is -0.383 e. The topological polar surface area (TPSA) is 54.0 Å². The molecule has 2 aromatic carbocycles. The van der Waals surface area contributed by atoms with E-state index in [-0.39, 0.29) is 12.3 Å². The Morgan fingerprint density at radius 3 is 2.50 bits per heavy atom. The Bertz CT molecular complexity index is 858. The lowest BCUT2D eigenvalue weighted by Crippen LogP contribution is -2.16. The summed E-state index contributed by atoms with van der Waals surface area (Å²) in [4.78, 5) is 16.5. The molecule has 0 saturated carbocycles. The van der Waals surface area contributed by atoms with Gasteiger partial charge in [-0.15, -0.1) is 0 Å². The Morgan fingerprint density at radius 1 is 1.00 bits per heavy atom. The summed E-state index contributed by atoms with van der Waals surface area (Å²) in [6.45, 7) is 0.476. The number of amides is 1. The van der Waals surface area contributed by atoms with E-state index in [0.717, 1.165) is 16.6 Å². The highest BCUT2D eigenvalue weighted by Crippen LogP contribution is 2.29. The molecule has 3 rings (SSSR count). The van der Waals surface area contributed by atoms with Gasteiger partial charge in [0.05, 0.1) is 26.9 Å². The molecule has 1 amide bonds. The van der Waals surface area contributed by atoms with Gasteiger partial charge in [0, 0.05) is 24.5 Å². The second-order valence-corrected chi connectivity index (χ2v) is 6.02. The highest BCUT2D eigenvalue weighted by Gasteiger charge is 2.09. The van der Waals surface area contributed by atoms with Crippen molar-refractivity contribution < 1.29 is 4.79 Å². The SMILES string of the molecule is O=C(CCNc1cccc2cccnc12)Nc1c(Cl)cccc1Cl. The van der Waals surface area contributed by atoms with Crippen LogP contribution in [0, 0.1) is 0 Å². The fourth-order valence-electron chi connectivity index (χ4n) is 2.38. The van der Waals surface area contributed by atoms with E-state index in [9.17, 15) is 4.79 Å². The normalized spacial score (nSPS) is 10.6. The van der Waals surface area contributed by atoms with Crippen molar-refractivity contribution in [3.8, 4) is 0 Å². The number of aromatic nitrogens is 1. The number of nitrogens with zero attached hydrogens (tertiary/aromatic N) is 1. The van der Waals surface area contributed by atoms with Gasteiger partial charge < -0.3 is 10.6 Å². The molecule has 6 heteroatoms. The summed E-state index contributed by atoms with van der Waals surface area (Å²) < 4.78 is 0. The van der Waals surface area contributed by atoms with Crippen molar-refractivity contribution in [3.05, 3.63) is 64.8 Å². The monoisotopic (exact) mass is 359 g/mol. The van der Waals surface area contributed by atoms with Crippen LogP contribution in [-0.2, 0) is 4.79 Å². The van der Waals surface area contributed by atoms with E-state index in [2.05, 4.69) is 15.6 Å². The maximum absolute atomic E-state index is 12.1. The average Bonchev–Trinajstić information content (AvgIpc) is 2.58. The van der Waals surface area contributed by atoms with E-state index in [1.54, 1.807) is 24.4 Å². The molecular weight excluding hydrogens is 345 g/mol. The number of rotatable bonds is 5. The standard InChI is InChI=1S/C18H15Cl2N3O/c19-13-6-2-7-14(20)18(13)23-16(24)9-11-21-15-8-1-4-12-5-3-10-22-17(12)15/h1-8,10,21H,9,11H2,(H,23,24). The van der Waals surface area contributed by atoms with Gasteiger partial charge in [-0.3, -0.25) is 9.78 Å². The minimum absolute atomic E-state index is 0.161. The first kappa shape index (κ1) is 16.6. The highest BCUT2D eigenvalue weighted by atomic mass is 35.5. The molecule has 0 aliphatic rings. The number of nitrogens with one attached hydrogen (secondary N) is 2. The zero-order valence-electron chi connectivity index (χ0n) is 12.7. The molecule has 0 atom stereocenters. The molecule has 1 heterocycles. The zero-order chi connectivity index (χ0) is 16.9. The van der Waals surface area contributed by atoms with Gasteiger partial charge in [0.25, 0.3) is 0 Å². The fourth-order valence-corrected chi connectivity index (χ4v) is 2.87. The van der Waals surface area contributed by atoms with Crippen LogP contribution < -0.4 is 10.6 Å². The Kier molecular flexibility index (Phi) is 5.18.